The maximum absolute atomic E-state index is 13.0. The Morgan fingerprint density at radius 1 is 0.758 bits per heavy atom. The second-order valence-electron chi connectivity index (χ2n) is 7.29. The van der Waals surface area contributed by atoms with Crippen molar-refractivity contribution in [2.75, 3.05) is 16.1 Å². The van der Waals surface area contributed by atoms with E-state index in [4.69, 9.17) is 23.2 Å². The van der Waals surface area contributed by atoms with Gasteiger partial charge >= 0.3 is 11.8 Å². The number of hydrogen-bond acceptors (Lipinski definition) is 3. The maximum atomic E-state index is 13.0. The number of benzene rings is 3. The maximum Gasteiger partial charge on any atom is 0.328 e. The number of carbonyl (C=O) groups is 3. The molecule has 0 radical (unpaired) electrons. The van der Waals surface area contributed by atoms with E-state index in [0.717, 1.165) is 5.56 Å². The molecule has 0 saturated heterocycles. The number of fused-ring (bicyclic) bond motifs is 1. The number of anilines is 2. The molecule has 33 heavy (non-hydrogen) atoms. The van der Waals surface area contributed by atoms with Crippen LogP contribution in [-0.2, 0) is 9.59 Å². The molecule has 0 aliphatic heterocycles. The molecule has 0 aliphatic rings. The van der Waals surface area contributed by atoms with Gasteiger partial charge in [0.2, 0.25) is 0 Å². The van der Waals surface area contributed by atoms with Crippen molar-refractivity contribution in [2.24, 2.45) is 0 Å². The monoisotopic (exact) mass is 480 g/mol. The van der Waals surface area contributed by atoms with Gasteiger partial charge in [-0.2, -0.15) is 0 Å². The standard InChI is InChI=1S/C24H18Cl2N4O3/c1-14-3-2-4-19(11-14)28-23(32)24(33)29-30-20-10-7-17(26)12-15(20)13-21(30)22(31)27-18-8-5-16(25)6-9-18/h2-13H,1H3,(H,27,31)(H,28,32)(H,29,33). The first kappa shape index (κ1) is 22.4. The van der Waals surface area contributed by atoms with Crippen molar-refractivity contribution in [3.8, 4) is 0 Å². The predicted molar refractivity (Wildman–Crippen MR) is 131 cm³/mol. The van der Waals surface area contributed by atoms with Gasteiger partial charge in [-0.1, -0.05) is 35.3 Å². The Balaban J connectivity index is 1.62. The van der Waals surface area contributed by atoms with Gasteiger partial charge < -0.3 is 10.6 Å². The number of carbonyl (C=O) groups excluding carboxylic acids is 3. The molecule has 4 rings (SSSR count). The Labute approximate surface area is 199 Å². The molecule has 1 aromatic heterocycles. The summed E-state index contributed by atoms with van der Waals surface area (Å²) in [6.45, 7) is 1.87. The fourth-order valence-corrected chi connectivity index (χ4v) is 3.57. The highest BCUT2D eigenvalue weighted by Gasteiger charge is 2.21. The predicted octanol–water partition coefficient (Wildman–Crippen LogP) is 5.22. The Kier molecular flexibility index (Phi) is 6.35. The van der Waals surface area contributed by atoms with Gasteiger partial charge in [0.1, 0.15) is 5.69 Å². The van der Waals surface area contributed by atoms with Crippen LogP contribution in [0.4, 0.5) is 11.4 Å². The topological polar surface area (TPSA) is 92.2 Å². The average molecular weight is 481 g/mol. The molecule has 0 atom stereocenters. The third kappa shape index (κ3) is 5.16. The van der Waals surface area contributed by atoms with E-state index < -0.39 is 17.7 Å². The quantitative estimate of drug-likeness (QED) is 0.349. The molecule has 3 N–H and O–H groups in total. The second-order valence-corrected chi connectivity index (χ2v) is 8.17. The Bertz CT molecular complexity index is 1380. The van der Waals surface area contributed by atoms with Crippen LogP contribution in [0, 0.1) is 6.92 Å². The van der Waals surface area contributed by atoms with Crippen LogP contribution in [0.2, 0.25) is 10.0 Å². The van der Waals surface area contributed by atoms with Crippen molar-refractivity contribution in [1.29, 1.82) is 0 Å². The summed E-state index contributed by atoms with van der Waals surface area (Å²) in [4.78, 5) is 38.1. The molecule has 0 saturated carbocycles. The summed E-state index contributed by atoms with van der Waals surface area (Å²) in [5, 5.41) is 6.90. The van der Waals surface area contributed by atoms with Gasteiger partial charge in [-0.3, -0.25) is 19.8 Å². The molecule has 0 bridgehead atoms. The molecule has 1 heterocycles. The van der Waals surface area contributed by atoms with Crippen molar-refractivity contribution >= 4 is 63.2 Å². The Hall–Kier alpha value is -3.81. The molecule has 3 aromatic carbocycles. The second kappa shape index (κ2) is 9.36. The Morgan fingerprint density at radius 3 is 2.21 bits per heavy atom. The Morgan fingerprint density at radius 2 is 1.48 bits per heavy atom. The highest BCUT2D eigenvalue weighted by Crippen LogP contribution is 2.24. The van der Waals surface area contributed by atoms with Gasteiger partial charge in [-0.15, -0.1) is 0 Å². The molecule has 166 valence electrons. The number of aromatic nitrogens is 1. The molecule has 3 amide bonds. The van der Waals surface area contributed by atoms with E-state index in [2.05, 4.69) is 16.1 Å². The van der Waals surface area contributed by atoms with E-state index in [0.29, 0.717) is 32.3 Å². The van der Waals surface area contributed by atoms with E-state index in [-0.39, 0.29) is 5.69 Å². The summed E-state index contributed by atoms with van der Waals surface area (Å²) in [5.74, 6) is -2.31. The van der Waals surface area contributed by atoms with Gasteiger partial charge in [0, 0.05) is 26.8 Å². The van der Waals surface area contributed by atoms with Crippen molar-refractivity contribution in [3.05, 3.63) is 94.1 Å². The van der Waals surface area contributed by atoms with Crippen LogP contribution in [0.5, 0.6) is 0 Å². The SMILES string of the molecule is Cc1cccc(NC(=O)C(=O)Nn2c(C(=O)Nc3ccc(Cl)cc3)cc3cc(Cl)ccc32)c1. The summed E-state index contributed by atoms with van der Waals surface area (Å²) < 4.78 is 1.26. The number of nitrogens with one attached hydrogen (secondary N) is 3. The van der Waals surface area contributed by atoms with Gasteiger partial charge in [0.25, 0.3) is 5.91 Å². The molecule has 0 fully saturated rings. The third-order valence-corrected chi connectivity index (χ3v) is 5.28. The number of amides is 3. The minimum absolute atomic E-state index is 0.110. The van der Waals surface area contributed by atoms with Gasteiger partial charge in [-0.25, -0.2) is 4.68 Å². The highest BCUT2D eigenvalue weighted by molar-refractivity contribution is 6.42. The first-order chi connectivity index (χ1) is 15.8. The third-order valence-electron chi connectivity index (χ3n) is 4.79. The lowest BCUT2D eigenvalue weighted by molar-refractivity contribution is -0.133. The summed E-state index contributed by atoms with van der Waals surface area (Å²) >= 11 is 12.0. The molecule has 0 unspecified atom stereocenters. The summed E-state index contributed by atoms with van der Waals surface area (Å²) in [6.07, 6.45) is 0. The minimum Gasteiger partial charge on any atom is -0.321 e. The molecular formula is C24H18Cl2N4O3. The summed E-state index contributed by atoms with van der Waals surface area (Å²) in [7, 11) is 0. The fourth-order valence-electron chi connectivity index (χ4n) is 3.27. The smallest absolute Gasteiger partial charge is 0.321 e. The zero-order valence-electron chi connectivity index (χ0n) is 17.4. The van der Waals surface area contributed by atoms with E-state index >= 15 is 0 Å². The fraction of sp³-hybridized carbons (Fsp3) is 0.0417. The van der Waals surface area contributed by atoms with E-state index in [1.165, 1.54) is 4.68 Å². The molecule has 7 nitrogen and oxygen atoms in total. The zero-order chi connectivity index (χ0) is 23.5. The molecular weight excluding hydrogens is 463 g/mol. The summed E-state index contributed by atoms with van der Waals surface area (Å²) in [5.41, 5.74) is 5.05. The first-order valence-corrected chi connectivity index (χ1v) is 10.6. The van der Waals surface area contributed by atoms with Gasteiger partial charge in [0.15, 0.2) is 0 Å². The van der Waals surface area contributed by atoms with Crippen molar-refractivity contribution in [3.63, 3.8) is 0 Å². The van der Waals surface area contributed by atoms with Crippen LogP contribution in [-0.4, -0.2) is 22.4 Å². The van der Waals surface area contributed by atoms with Crippen molar-refractivity contribution in [1.82, 2.24) is 4.68 Å². The van der Waals surface area contributed by atoms with Crippen molar-refractivity contribution < 1.29 is 14.4 Å². The molecule has 9 heteroatoms. The normalized spacial score (nSPS) is 10.6. The number of rotatable bonds is 4. The number of halogens is 2. The lowest BCUT2D eigenvalue weighted by Crippen LogP contribution is -2.36. The zero-order valence-corrected chi connectivity index (χ0v) is 18.9. The van der Waals surface area contributed by atoms with Crippen LogP contribution in [0.25, 0.3) is 10.9 Å². The van der Waals surface area contributed by atoms with Gasteiger partial charge in [0.05, 0.1) is 5.52 Å². The molecule has 0 aliphatic carbocycles. The van der Waals surface area contributed by atoms with Crippen LogP contribution in [0.1, 0.15) is 16.1 Å². The first-order valence-electron chi connectivity index (χ1n) is 9.87. The van der Waals surface area contributed by atoms with Crippen LogP contribution in [0.3, 0.4) is 0 Å². The number of nitrogens with zero attached hydrogens (tertiary/aromatic N) is 1. The highest BCUT2D eigenvalue weighted by atomic mass is 35.5. The van der Waals surface area contributed by atoms with E-state index in [9.17, 15) is 14.4 Å². The van der Waals surface area contributed by atoms with E-state index in [1.54, 1.807) is 66.7 Å². The van der Waals surface area contributed by atoms with E-state index in [1.807, 2.05) is 13.0 Å². The average Bonchev–Trinajstić information content (AvgIpc) is 3.12. The molecule has 0 spiro atoms. The number of hydrogen-bond donors (Lipinski definition) is 3. The lowest BCUT2D eigenvalue weighted by atomic mass is 10.2. The summed E-state index contributed by atoms with van der Waals surface area (Å²) in [6, 6.07) is 20.2. The largest absolute Gasteiger partial charge is 0.328 e. The van der Waals surface area contributed by atoms with Crippen LogP contribution >= 0.6 is 23.2 Å². The van der Waals surface area contributed by atoms with Crippen LogP contribution in [0.15, 0.2) is 72.8 Å². The molecule has 4 aromatic rings. The minimum atomic E-state index is -0.940. The van der Waals surface area contributed by atoms with Gasteiger partial charge in [-0.05, 0) is 73.2 Å². The lowest BCUT2D eigenvalue weighted by Gasteiger charge is -2.13. The van der Waals surface area contributed by atoms with Crippen molar-refractivity contribution in [2.45, 2.75) is 6.92 Å². The number of aryl methyl sites for hydroxylation is 1. The van der Waals surface area contributed by atoms with Crippen LogP contribution < -0.4 is 16.1 Å².